The molecular weight excluding hydrogens is 283 g/mol. The minimum atomic E-state index is -0.0559. The largest absolute Gasteiger partial charge is 0.490 e. The number of alkyl halides is 1. The molecule has 3 rings (SSSR count). The highest BCUT2D eigenvalue weighted by atomic mass is 35.5. The fraction of sp³-hybridized carbons (Fsp3) is 0.600. The summed E-state index contributed by atoms with van der Waals surface area (Å²) in [6.45, 7) is 5.83. The normalized spacial score (nSPS) is 25.6. The maximum Gasteiger partial charge on any atom is 0.162 e. The van der Waals surface area contributed by atoms with E-state index in [4.69, 9.17) is 32.7 Å². The first-order chi connectivity index (χ1) is 8.99. The zero-order valence-corrected chi connectivity index (χ0v) is 12.7. The van der Waals surface area contributed by atoms with Crippen LogP contribution in [0.4, 0.5) is 0 Å². The van der Waals surface area contributed by atoms with Gasteiger partial charge in [0.15, 0.2) is 11.5 Å². The van der Waals surface area contributed by atoms with Gasteiger partial charge >= 0.3 is 0 Å². The van der Waals surface area contributed by atoms with Crippen molar-refractivity contribution < 1.29 is 9.47 Å². The van der Waals surface area contributed by atoms with E-state index >= 15 is 0 Å². The van der Waals surface area contributed by atoms with E-state index in [2.05, 4.69) is 13.8 Å². The Morgan fingerprint density at radius 2 is 1.79 bits per heavy atom. The van der Waals surface area contributed by atoms with Gasteiger partial charge in [-0.1, -0.05) is 25.4 Å². The van der Waals surface area contributed by atoms with Crippen molar-refractivity contribution in [1.29, 1.82) is 0 Å². The van der Waals surface area contributed by atoms with Gasteiger partial charge in [0, 0.05) is 17.5 Å². The smallest absolute Gasteiger partial charge is 0.162 e. The van der Waals surface area contributed by atoms with Crippen molar-refractivity contribution in [3.8, 4) is 11.5 Å². The topological polar surface area (TPSA) is 18.5 Å². The van der Waals surface area contributed by atoms with Gasteiger partial charge in [0.2, 0.25) is 0 Å². The van der Waals surface area contributed by atoms with E-state index in [0.717, 1.165) is 29.9 Å². The van der Waals surface area contributed by atoms with Crippen LogP contribution < -0.4 is 9.47 Å². The molecule has 2 unspecified atom stereocenters. The highest BCUT2D eigenvalue weighted by molar-refractivity contribution is 6.33. The SMILES string of the molecule is CC1(C)CC1C(Cl)c1cc2c(cc1Cl)OCCCO2. The van der Waals surface area contributed by atoms with Crippen LogP contribution in [-0.2, 0) is 0 Å². The predicted molar refractivity (Wildman–Crippen MR) is 77.5 cm³/mol. The average Bonchev–Trinajstić information content (AvgIpc) is 3.04. The van der Waals surface area contributed by atoms with Gasteiger partial charge in [0.25, 0.3) is 0 Å². The molecule has 1 aliphatic carbocycles. The number of fused-ring (bicyclic) bond motifs is 1. The molecule has 0 N–H and O–H groups in total. The summed E-state index contributed by atoms with van der Waals surface area (Å²) in [6, 6.07) is 3.79. The number of hydrogen-bond donors (Lipinski definition) is 0. The van der Waals surface area contributed by atoms with E-state index in [0.29, 0.717) is 29.6 Å². The van der Waals surface area contributed by atoms with Crippen molar-refractivity contribution in [2.75, 3.05) is 13.2 Å². The van der Waals surface area contributed by atoms with Crippen LogP contribution in [-0.4, -0.2) is 13.2 Å². The zero-order valence-electron chi connectivity index (χ0n) is 11.2. The standard InChI is InChI=1S/C15H18Cl2O2/c1-15(2)8-10(15)14(17)9-6-12-13(7-11(9)16)19-5-3-4-18-12/h6-7,10,14H,3-5,8H2,1-2H3. The number of rotatable bonds is 2. The Kier molecular flexibility index (Phi) is 3.34. The fourth-order valence-electron chi connectivity index (χ4n) is 2.64. The lowest BCUT2D eigenvalue weighted by atomic mass is 10.0. The third kappa shape index (κ3) is 2.53. The third-order valence-electron chi connectivity index (χ3n) is 4.11. The summed E-state index contributed by atoms with van der Waals surface area (Å²) in [5, 5.41) is 0.617. The van der Waals surface area contributed by atoms with Crippen molar-refractivity contribution in [2.45, 2.75) is 32.1 Å². The third-order valence-corrected chi connectivity index (χ3v) is 4.97. The van der Waals surface area contributed by atoms with Gasteiger partial charge in [-0.15, -0.1) is 11.6 Å². The first kappa shape index (κ1) is 13.4. The first-order valence-electron chi connectivity index (χ1n) is 6.72. The van der Waals surface area contributed by atoms with Crippen LogP contribution in [0.2, 0.25) is 5.02 Å². The first-order valence-corrected chi connectivity index (χ1v) is 7.53. The number of halogens is 2. The van der Waals surface area contributed by atoms with Gasteiger partial charge in [0.1, 0.15) is 0 Å². The molecule has 0 aromatic heterocycles. The molecule has 1 fully saturated rings. The molecule has 1 saturated carbocycles. The molecule has 0 bridgehead atoms. The van der Waals surface area contributed by atoms with Crippen molar-refractivity contribution >= 4 is 23.2 Å². The summed E-state index contributed by atoms with van der Waals surface area (Å²) in [7, 11) is 0. The van der Waals surface area contributed by atoms with Gasteiger partial charge in [-0.05, 0) is 29.4 Å². The molecule has 104 valence electrons. The Morgan fingerprint density at radius 1 is 1.21 bits per heavy atom. The molecule has 2 aliphatic rings. The lowest BCUT2D eigenvalue weighted by Gasteiger charge is -2.16. The lowest BCUT2D eigenvalue weighted by Crippen LogP contribution is -2.01. The second-order valence-corrected chi connectivity index (χ2v) is 6.95. The van der Waals surface area contributed by atoms with Crippen molar-refractivity contribution in [1.82, 2.24) is 0 Å². The van der Waals surface area contributed by atoms with E-state index in [1.165, 1.54) is 0 Å². The zero-order chi connectivity index (χ0) is 13.6. The Morgan fingerprint density at radius 3 is 2.37 bits per heavy atom. The number of benzene rings is 1. The molecule has 4 heteroatoms. The van der Waals surface area contributed by atoms with Crippen LogP contribution in [0.1, 0.15) is 37.6 Å². The van der Waals surface area contributed by atoms with Crippen molar-refractivity contribution in [2.24, 2.45) is 11.3 Å². The number of hydrogen-bond acceptors (Lipinski definition) is 2. The van der Waals surface area contributed by atoms with Gasteiger partial charge in [-0.3, -0.25) is 0 Å². The van der Waals surface area contributed by atoms with Crippen LogP contribution in [0.25, 0.3) is 0 Å². The average molecular weight is 301 g/mol. The van der Waals surface area contributed by atoms with Gasteiger partial charge in [-0.2, -0.15) is 0 Å². The molecular formula is C15H18Cl2O2. The highest BCUT2D eigenvalue weighted by Gasteiger charge is 2.50. The quantitative estimate of drug-likeness (QED) is 0.729. The molecule has 0 saturated heterocycles. The summed E-state index contributed by atoms with van der Waals surface area (Å²) in [6.07, 6.45) is 2.04. The van der Waals surface area contributed by atoms with Crippen LogP contribution in [0.5, 0.6) is 11.5 Å². The van der Waals surface area contributed by atoms with Crippen LogP contribution in [0.15, 0.2) is 12.1 Å². The monoisotopic (exact) mass is 300 g/mol. The molecule has 2 atom stereocenters. The maximum absolute atomic E-state index is 6.60. The Hall–Kier alpha value is -0.600. The maximum atomic E-state index is 6.60. The second kappa shape index (κ2) is 4.75. The van der Waals surface area contributed by atoms with E-state index in [1.807, 2.05) is 12.1 Å². The van der Waals surface area contributed by atoms with E-state index < -0.39 is 0 Å². The van der Waals surface area contributed by atoms with Crippen LogP contribution in [0, 0.1) is 11.3 Å². The molecule has 0 amide bonds. The lowest BCUT2D eigenvalue weighted by molar-refractivity contribution is 0.297. The van der Waals surface area contributed by atoms with Crippen LogP contribution in [0.3, 0.4) is 0 Å². The van der Waals surface area contributed by atoms with Gasteiger partial charge in [-0.25, -0.2) is 0 Å². The highest BCUT2D eigenvalue weighted by Crippen LogP contribution is 2.61. The summed E-state index contributed by atoms with van der Waals surface area (Å²) in [5.41, 5.74) is 1.28. The molecule has 1 heterocycles. The Bertz CT molecular complexity index is 499. The van der Waals surface area contributed by atoms with E-state index in [1.54, 1.807) is 0 Å². The molecule has 2 nitrogen and oxygen atoms in total. The molecule has 0 spiro atoms. The summed E-state index contributed by atoms with van der Waals surface area (Å²) in [5.74, 6) is 1.97. The minimum absolute atomic E-state index is 0.0559. The van der Waals surface area contributed by atoms with Gasteiger partial charge in [0.05, 0.1) is 18.6 Å². The molecule has 19 heavy (non-hydrogen) atoms. The van der Waals surface area contributed by atoms with Crippen LogP contribution >= 0.6 is 23.2 Å². The van der Waals surface area contributed by atoms with Gasteiger partial charge < -0.3 is 9.47 Å². The second-order valence-electron chi connectivity index (χ2n) is 6.07. The van der Waals surface area contributed by atoms with Crippen molar-refractivity contribution in [3.05, 3.63) is 22.7 Å². The molecule has 1 aromatic carbocycles. The fourth-order valence-corrected chi connectivity index (χ4v) is 3.57. The van der Waals surface area contributed by atoms with Crippen molar-refractivity contribution in [3.63, 3.8) is 0 Å². The Balaban J connectivity index is 1.92. The minimum Gasteiger partial charge on any atom is -0.490 e. The Labute approximate surface area is 124 Å². The number of ether oxygens (including phenoxy) is 2. The summed E-state index contributed by atoms with van der Waals surface area (Å²) < 4.78 is 11.3. The summed E-state index contributed by atoms with van der Waals surface area (Å²) in [4.78, 5) is 0. The van der Waals surface area contributed by atoms with E-state index in [-0.39, 0.29) is 5.38 Å². The molecule has 1 aliphatic heterocycles. The molecule has 0 radical (unpaired) electrons. The predicted octanol–water partition coefficient (Wildman–Crippen LogP) is 4.83. The van der Waals surface area contributed by atoms with E-state index in [9.17, 15) is 0 Å². The summed E-state index contributed by atoms with van der Waals surface area (Å²) >= 11 is 13.0. The molecule has 1 aromatic rings.